The number of nitrogens with zero attached hydrogens (tertiary/aromatic N) is 2. The van der Waals surface area contributed by atoms with Crippen molar-refractivity contribution in [3.63, 3.8) is 0 Å². The number of fused-ring (bicyclic) bond motifs is 1. The zero-order valence-electron chi connectivity index (χ0n) is 18.1. The van der Waals surface area contributed by atoms with Crippen molar-refractivity contribution in [1.29, 1.82) is 0 Å². The number of likely N-dealkylation sites (tertiary alicyclic amines) is 1. The summed E-state index contributed by atoms with van der Waals surface area (Å²) >= 11 is 0. The molecule has 172 valence electrons. The molecule has 2 aliphatic rings. The van der Waals surface area contributed by atoms with Crippen LogP contribution in [0.2, 0.25) is 0 Å². The van der Waals surface area contributed by atoms with Gasteiger partial charge in [-0.15, -0.1) is 0 Å². The summed E-state index contributed by atoms with van der Waals surface area (Å²) in [6.45, 7) is 0.197. The number of rotatable bonds is 9. The molecule has 1 aromatic carbocycles. The summed E-state index contributed by atoms with van der Waals surface area (Å²) in [5.41, 5.74) is 2.61. The molecule has 1 aliphatic carbocycles. The van der Waals surface area contributed by atoms with E-state index in [1.807, 2.05) is 0 Å². The van der Waals surface area contributed by atoms with Crippen LogP contribution in [0.25, 0.3) is 0 Å². The number of aryl methyl sites for hydroxylation is 3. The van der Waals surface area contributed by atoms with Crippen molar-refractivity contribution in [3.05, 3.63) is 64.5 Å². The number of hydrogen-bond donors (Lipinski definition) is 1. The SMILES string of the molecule is O=C(O)C[C@@H](c1ccc(F)c(F)c1)N1CC(F)(CCCCc2ccc3c(n2)CCCC3)C1. The Morgan fingerprint density at radius 1 is 1.09 bits per heavy atom. The molecule has 4 rings (SSSR count). The van der Waals surface area contributed by atoms with Crippen LogP contribution in [-0.2, 0) is 24.1 Å². The second-order valence-corrected chi connectivity index (χ2v) is 9.17. The average molecular weight is 447 g/mol. The van der Waals surface area contributed by atoms with Crippen molar-refractivity contribution in [3.8, 4) is 0 Å². The predicted octanol–water partition coefficient (Wildman–Crippen LogP) is 5.19. The van der Waals surface area contributed by atoms with Crippen molar-refractivity contribution < 1.29 is 23.1 Å². The quantitative estimate of drug-likeness (QED) is 0.539. The van der Waals surface area contributed by atoms with E-state index in [9.17, 15) is 18.7 Å². The molecule has 0 amide bonds. The molecule has 1 N–H and O–H groups in total. The van der Waals surface area contributed by atoms with Gasteiger partial charge < -0.3 is 5.11 Å². The van der Waals surface area contributed by atoms with Gasteiger partial charge in [0.05, 0.1) is 6.42 Å². The molecule has 0 spiro atoms. The molecule has 0 saturated carbocycles. The number of benzene rings is 1. The Hall–Kier alpha value is -2.41. The summed E-state index contributed by atoms with van der Waals surface area (Å²) in [5, 5.41) is 9.23. The summed E-state index contributed by atoms with van der Waals surface area (Å²) < 4.78 is 42.0. The number of carboxylic acid groups (broad SMARTS) is 1. The van der Waals surface area contributed by atoms with Crippen LogP contribution in [0.4, 0.5) is 13.2 Å². The first-order valence-electron chi connectivity index (χ1n) is 11.4. The topological polar surface area (TPSA) is 53.4 Å². The third kappa shape index (κ3) is 5.31. The lowest BCUT2D eigenvalue weighted by molar-refractivity contribution is -0.141. The number of carboxylic acids is 1. The summed E-state index contributed by atoms with van der Waals surface area (Å²) in [4.78, 5) is 17.8. The fourth-order valence-electron chi connectivity index (χ4n) is 4.92. The third-order valence-corrected chi connectivity index (χ3v) is 6.65. The largest absolute Gasteiger partial charge is 0.481 e. The molecule has 2 aromatic rings. The smallest absolute Gasteiger partial charge is 0.305 e. The standard InChI is InChI=1S/C25H29F3N2O2/c26-20-11-9-18(13-21(20)27)23(14-24(31)32)30-15-25(28,16-30)12-4-3-6-19-10-8-17-5-1-2-7-22(17)29-19/h8-11,13,23H,1-7,12,14-16H2,(H,31,32)/t23-/m0/s1. The van der Waals surface area contributed by atoms with E-state index < -0.39 is 29.3 Å². The van der Waals surface area contributed by atoms with Crippen LogP contribution < -0.4 is 0 Å². The van der Waals surface area contributed by atoms with Gasteiger partial charge in [0.1, 0.15) is 5.67 Å². The molecule has 1 atom stereocenters. The summed E-state index contributed by atoms with van der Waals surface area (Å²) in [7, 11) is 0. The Balaban J connectivity index is 1.28. The number of alkyl halides is 1. The Bertz CT molecular complexity index is 976. The van der Waals surface area contributed by atoms with E-state index >= 15 is 4.39 Å². The lowest BCUT2D eigenvalue weighted by Gasteiger charge is -2.48. The van der Waals surface area contributed by atoms with Gasteiger partial charge in [-0.3, -0.25) is 14.7 Å². The van der Waals surface area contributed by atoms with E-state index in [4.69, 9.17) is 4.98 Å². The van der Waals surface area contributed by atoms with Crippen molar-refractivity contribution in [1.82, 2.24) is 9.88 Å². The molecule has 7 heteroatoms. The minimum absolute atomic E-state index is 0.0983. The Morgan fingerprint density at radius 2 is 1.88 bits per heavy atom. The molecular weight excluding hydrogens is 417 g/mol. The lowest BCUT2D eigenvalue weighted by atomic mass is 9.86. The molecule has 2 heterocycles. The molecule has 4 nitrogen and oxygen atoms in total. The van der Waals surface area contributed by atoms with Gasteiger partial charge in [0.25, 0.3) is 0 Å². The molecule has 1 saturated heterocycles. The molecule has 0 bridgehead atoms. The number of unbranched alkanes of at least 4 members (excludes halogenated alkanes) is 1. The molecular formula is C25H29F3N2O2. The maximum Gasteiger partial charge on any atom is 0.305 e. The molecule has 1 aromatic heterocycles. The molecule has 1 aliphatic heterocycles. The van der Waals surface area contributed by atoms with Crippen LogP contribution in [-0.4, -0.2) is 39.7 Å². The average Bonchev–Trinajstić information content (AvgIpc) is 2.75. The lowest BCUT2D eigenvalue weighted by Crippen LogP contribution is -2.60. The monoisotopic (exact) mass is 446 g/mol. The van der Waals surface area contributed by atoms with Crippen LogP contribution in [0, 0.1) is 11.6 Å². The highest BCUT2D eigenvalue weighted by Crippen LogP contribution is 2.38. The van der Waals surface area contributed by atoms with Crippen molar-refractivity contribution in [2.24, 2.45) is 0 Å². The second kappa shape index (κ2) is 9.61. The van der Waals surface area contributed by atoms with Gasteiger partial charge in [-0.1, -0.05) is 12.1 Å². The van der Waals surface area contributed by atoms with Crippen molar-refractivity contribution in [2.45, 2.75) is 69.5 Å². The number of aliphatic carboxylic acids is 1. The zero-order valence-corrected chi connectivity index (χ0v) is 18.1. The van der Waals surface area contributed by atoms with E-state index in [1.54, 1.807) is 4.90 Å². The normalized spacial score (nSPS) is 18.6. The molecule has 32 heavy (non-hydrogen) atoms. The van der Waals surface area contributed by atoms with E-state index in [1.165, 1.54) is 30.2 Å². The van der Waals surface area contributed by atoms with Crippen molar-refractivity contribution in [2.75, 3.05) is 13.1 Å². The Labute approximate surface area is 186 Å². The van der Waals surface area contributed by atoms with Gasteiger partial charge in [-0.05, 0) is 80.7 Å². The van der Waals surface area contributed by atoms with Crippen LogP contribution >= 0.6 is 0 Å². The Morgan fingerprint density at radius 3 is 2.62 bits per heavy atom. The van der Waals surface area contributed by atoms with Gasteiger partial charge in [0, 0.05) is 30.5 Å². The van der Waals surface area contributed by atoms with Crippen LogP contribution in [0.15, 0.2) is 30.3 Å². The number of hydrogen-bond acceptors (Lipinski definition) is 3. The highest BCUT2D eigenvalue weighted by Gasteiger charge is 2.46. The second-order valence-electron chi connectivity index (χ2n) is 9.17. The van der Waals surface area contributed by atoms with E-state index in [0.29, 0.717) is 12.0 Å². The van der Waals surface area contributed by atoms with Crippen LogP contribution in [0.5, 0.6) is 0 Å². The predicted molar refractivity (Wildman–Crippen MR) is 115 cm³/mol. The Kier molecular flexibility index (Phi) is 6.84. The van der Waals surface area contributed by atoms with Crippen molar-refractivity contribution >= 4 is 5.97 Å². The van der Waals surface area contributed by atoms with Gasteiger partial charge in [-0.2, -0.15) is 0 Å². The first-order chi connectivity index (χ1) is 15.3. The first-order valence-corrected chi connectivity index (χ1v) is 11.4. The number of halogens is 3. The maximum absolute atomic E-state index is 15.1. The van der Waals surface area contributed by atoms with Crippen LogP contribution in [0.1, 0.15) is 67.1 Å². The van der Waals surface area contributed by atoms with Gasteiger partial charge in [-0.25, -0.2) is 13.2 Å². The van der Waals surface area contributed by atoms with Gasteiger partial charge in [0.2, 0.25) is 0 Å². The zero-order chi connectivity index (χ0) is 22.7. The highest BCUT2D eigenvalue weighted by molar-refractivity contribution is 5.68. The minimum atomic E-state index is -1.38. The molecule has 1 fully saturated rings. The number of pyridine rings is 1. The molecule has 0 radical (unpaired) electrons. The summed E-state index contributed by atoms with van der Waals surface area (Å²) in [5.74, 6) is -3.07. The maximum atomic E-state index is 15.1. The van der Waals surface area contributed by atoms with E-state index in [-0.39, 0.29) is 19.5 Å². The summed E-state index contributed by atoms with van der Waals surface area (Å²) in [6.07, 6.45) is 7.07. The van der Waals surface area contributed by atoms with E-state index in [0.717, 1.165) is 49.9 Å². The molecule has 0 unspecified atom stereocenters. The summed E-state index contributed by atoms with van der Waals surface area (Å²) in [6, 6.07) is 6.95. The number of carbonyl (C=O) groups is 1. The van der Waals surface area contributed by atoms with Gasteiger partial charge >= 0.3 is 5.97 Å². The van der Waals surface area contributed by atoms with Crippen LogP contribution in [0.3, 0.4) is 0 Å². The first kappa shape index (κ1) is 22.8. The minimum Gasteiger partial charge on any atom is -0.481 e. The number of aromatic nitrogens is 1. The third-order valence-electron chi connectivity index (χ3n) is 6.65. The fourth-order valence-corrected chi connectivity index (χ4v) is 4.92. The highest BCUT2D eigenvalue weighted by atomic mass is 19.2. The van der Waals surface area contributed by atoms with Gasteiger partial charge in [0.15, 0.2) is 11.6 Å². The fraction of sp³-hybridized carbons (Fsp3) is 0.520. The van der Waals surface area contributed by atoms with E-state index in [2.05, 4.69) is 12.1 Å².